The van der Waals surface area contributed by atoms with Crippen LogP contribution in [0.1, 0.15) is 23.2 Å². The SMILES string of the molecule is O=C(CCC(=O)N1CCN(c2ccc(F)cc2)CC1)c1ccc2c(c1)OCCO2. The minimum absolute atomic E-state index is 0.0188. The van der Waals surface area contributed by atoms with E-state index in [1.54, 1.807) is 35.2 Å². The average Bonchev–Trinajstić information content (AvgIpc) is 2.77. The summed E-state index contributed by atoms with van der Waals surface area (Å²) in [5.74, 6) is 0.855. The van der Waals surface area contributed by atoms with Crippen LogP contribution in [0.4, 0.5) is 10.1 Å². The van der Waals surface area contributed by atoms with Gasteiger partial charge in [0.05, 0.1) is 0 Å². The van der Waals surface area contributed by atoms with Gasteiger partial charge in [0.25, 0.3) is 0 Å². The minimum atomic E-state index is -0.259. The Kier molecular flexibility index (Phi) is 5.64. The first-order valence-electron chi connectivity index (χ1n) is 9.81. The lowest BCUT2D eigenvalue weighted by Crippen LogP contribution is -2.48. The number of rotatable bonds is 5. The zero-order chi connectivity index (χ0) is 20.2. The summed E-state index contributed by atoms with van der Waals surface area (Å²) in [5, 5.41) is 0. The highest BCUT2D eigenvalue weighted by atomic mass is 19.1. The monoisotopic (exact) mass is 398 g/mol. The molecule has 2 aliphatic rings. The molecule has 2 aromatic carbocycles. The van der Waals surface area contributed by atoms with Gasteiger partial charge >= 0.3 is 0 Å². The number of ether oxygens (including phenoxy) is 2. The van der Waals surface area contributed by atoms with Gasteiger partial charge in [-0.1, -0.05) is 0 Å². The molecule has 0 spiro atoms. The van der Waals surface area contributed by atoms with E-state index in [1.165, 1.54) is 12.1 Å². The van der Waals surface area contributed by atoms with Gasteiger partial charge in [0.15, 0.2) is 17.3 Å². The molecule has 29 heavy (non-hydrogen) atoms. The smallest absolute Gasteiger partial charge is 0.223 e. The predicted octanol–water partition coefficient (Wildman–Crippen LogP) is 2.91. The zero-order valence-corrected chi connectivity index (χ0v) is 16.1. The molecule has 7 heteroatoms. The normalized spacial score (nSPS) is 15.9. The first kappa shape index (κ1) is 19.2. The first-order chi connectivity index (χ1) is 14.1. The molecule has 0 atom stereocenters. The van der Waals surface area contributed by atoms with Crippen LogP contribution in [0.3, 0.4) is 0 Å². The Hall–Kier alpha value is -3.09. The first-order valence-corrected chi connectivity index (χ1v) is 9.81. The molecule has 2 heterocycles. The fourth-order valence-electron chi connectivity index (χ4n) is 3.61. The number of Topliss-reactive ketones (excluding diaryl/α,β-unsaturated/α-hetero) is 1. The molecular weight excluding hydrogens is 375 g/mol. The van der Waals surface area contributed by atoms with Crippen LogP contribution in [0.15, 0.2) is 42.5 Å². The van der Waals surface area contributed by atoms with Crippen LogP contribution >= 0.6 is 0 Å². The largest absolute Gasteiger partial charge is 0.486 e. The van der Waals surface area contributed by atoms with Gasteiger partial charge < -0.3 is 19.3 Å². The third-order valence-electron chi connectivity index (χ3n) is 5.25. The Balaban J connectivity index is 1.27. The van der Waals surface area contributed by atoms with E-state index in [9.17, 15) is 14.0 Å². The van der Waals surface area contributed by atoms with Gasteiger partial charge in [0, 0.05) is 50.3 Å². The van der Waals surface area contributed by atoms with E-state index in [4.69, 9.17) is 9.47 Å². The van der Waals surface area contributed by atoms with Crippen molar-refractivity contribution in [2.24, 2.45) is 0 Å². The van der Waals surface area contributed by atoms with Gasteiger partial charge in [-0.15, -0.1) is 0 Å². The van der Waals surface area contributed by atoms with E-state index in [0.717, 1.165) is 5.69 Å². The van der Waals surface area contributed by atoms with E-state index >= 15 is 0 Å². The summed E-state index contributed by atoms with van der Waals surface area (Å²) in [6.07, 6.45) is 0.348. The van der Waals surface area contributed by atoms with E-state index in [-0.39, 0.29) is 30.3 Å². The van der Waals surface area contributed by atoms with Crippen LogP contribution in [0.5, 0.6) is 11.5 Å². The second-order valence-corrected chi connectivity index (χ2v) is 7.13. The summed E-state index contributed by atoms with van der Waals surface area (Å²) in [7, 11) is 0. The van der Waals surface area contributed by atoms with Crippen molar-refractivity contribution in [3.05, 3.63) is 53.8 Å². The number of fused-ring (bicyclic) bond motifs is 1. The van der Waals surface area contributed by atoms with Crippen molar-refractivity contribution >= 4 is 17.4 Å². The second-order valence-electron chi connectivity index (χ2n) is 7.13. The molecule has 4 rings (SSSR count). The highest BCUT2D eigenvalue weighted by molar-refractivity contribution is 5.98. The van der Waals surface area contributed by atoms with Crippen molar-refractivity contribution < 1.29 is 23.5 Å². The molecule has 0 N–H and O–H groups in total. The lowest BCUT2D eigenvalue weighted by atomic mass is 10.1. The third kappa shape index (κ3) is 4.50. The second kappa shape index (κ2) is 8.51. The number of hydrogen-bond donors (Lipinski definition) is 0. The highest BCUT2D eigenvalue weighted by Gasteiger charge is 2.22. The Morgan fingerprint density at radius 1 is 0.862 bits per heavy atom. The Morgan fingerprint density at radius 2 is 1.55 bits per heavy atom. The number of hydrogen-bond acceptors (Lipinski definition) is 5. The van der Waals surface area contributed by atoms with Crippen LogP contribution < -0.4 is 14.4 Å². The summed E-state index contributed by atoms with van der Waals surface area (Å²) in [4.78, 5) is 28.9. The quantitative estimate of drug-likeness (QED) is 0.725. The molecular formula is C22H23FN2O4. The fraction of sp³-hybridized carbons (Fsp3) is 0.364. The van der Waals surface area contributed by atoms with E-state index in [1.807, 2.05) is 0 Å². The van der Waals surface area contributed by atoms with Crippen LogP contribution in [-0.4, -0.2) is 56.0 Å². The summed E-state index contributed by atoms with van der Waals surface area (Å²) >= 11 is 0. The van der Waals surface area contributed by atoms with Gasteiger partial charge in [-0.05, 0) is 42.5 Å². The molecule has 0 bridgehead atoms. The molecule has 152 valence electrons. The minimum Gasteiger partial charge on any atom is -0.486 e. The molecule has 0 radical (unpaired) electrons. The number of carbonyl (C=O) groups is 2. The van der Waals surface area contributed by atoms with Gasteiger partial charge in [-0.25, -0.2) is 4.39 Å². The fourth-order valence-corrected chi connectivity index (χ4v) is 3.61. The summed E-state index contributed by atoms with van der Waals surface area (Å²) in [6.45, 7) is 3.53. The topological polar surface area (TPSA) is 59.1 Å². The molecule has 2 aromatic rings. The maximum atomic E-state index is 13.1. The molecule has 0 aromatic heterocycles. The molecule has 0 unspecified atom stereocenters. The number of ketones is 1. The Bertz CT molecular complexity index is 892. The van der Waals surface area contributed by atoms with E-state index in [2.05, 4.69) is 4.90 Å². The van der Waals surface area contributed by atoms with Gasteiger partial charge in [-0.3, -0.25) is 9.59 Å². The van der Waals surface area contributed by atoms with Gasteiger partial charge in [-0.2, -0.15) is 0 Å². The number of nitrogens with zero attached hydrogens (tertiary/aromatic N) is 2. The van der Waals surface area contributed by atoms with Crippen LogP contribution in [0.2, 0.25) is 0 Å². The predicted molar refractivity (Wildman–Crippen MR) is 106 cm³/mol. The maximum absolute atomic E-state index is 13.1. The third-order valence-corrected chi connectivity index (χ3v) is 5.25. The van der Waals surface area contributed by atoms with Crippen molar-refractivity contribution in [3.63, 3.8) is 0 Å². The Morgan fingerprint density at radius 3 is 2.28 bits per heavy atom. The molecule has 1 saturated heterocycles. The van der Waals surface area contributed by atoms with E-state index < -0.39 is 0 Å². The average molecular weight is 398 g/mol. The Labute approximate surface area is 168 Å². The number of halogens is 1. The summed E-state index contributed by atoms with van der Waals surface area (Å²) in [6, 6.07) is 11.5. The molecule has 1 fully saturated rings. The number of amides is 1. The lowest BCUT2D eigenvalue weighted by molar-refractivity contribution is -0.131. The molecule has 1 amide bonds. The summed E-state index contributed by atoms with van der Waals surface area (Å²) < 4.78 is 24.0. The van der Waals surface area contributed by atoms with Crippen molar-refractivity contribution in [2.75, 3.05) is 44.3 Å². The summed E-state index contributed by atoms with van der Waals surface area (Å²) in [5.41, 5.74) is 1.48. The molecule has 6 nitrogen and oxygen atoms in total. The van der Waals surface area contributed by atoms with Crippen molar-refractivity contribution in [2.45, 2.75) is 12.8 Å². The van der Waals surface area contributed by atoms with Crippen LogP contribution in [0, 0.1) is 5.82 Å². The van der Waals surface area contributed by atoms with Gasteiger partial charge in [0.1, 0.15) is 19.0 Å². The standard InChI is InChI=1S/C22H23FN2O4/c23-17-2-4-18(5-3-17)24-9-11-25(12-10-24)22(27)8-6-19(26)16-1-7-20-21(15-16)29-14-13-28-20/h1-5,7,15H,6,8-14H2. The zero-order valence-electron chi connectivity index (χ0n) is 16.1. The molecule has 0 aliphatic carbocycles. The van der Waals surface area contributed by atoms with E-state index in [0.29, 0.717) is 56.5 Å². The van der Waals surface area contributed by atoms with Crippen molar-refractivity contribution in [1.82, 2.24) is 4.90 Å². The lowest BCUT2D eigenvalue weighted by Gasteiger charge is -2.36. The molecule has 0 saturated carbocycles. The number of anilines is 1. The highest BCUT2D eigenvalue weighted by Crippen LogP contribution is 2.31. The van der Waals surface area contributed by atoms with Crippen molar-refractivity contribution in [3.8, 4) is 11.5 Å². The molecule has 2 aliphatic heterocycles. The number of carbonyl (C=O) groups excluding carboxylic acids is 2. The van der Waals surface area contributed by atoms with Crippen molar-refractivity contribution in [1.29, 1.82) is 0 Å². The number of benzene rings is 2. The van der Waals surface area contributed by atoms with Crippen LogP contribution in [0.25, 0.3) is 0 Å². The van der Waals surface area contributed by atoms with Crippen LogP contribution in [-0.2, 0) is 4.79 Å². The maximum Gasteiger partial charge on any atom is 0.223 e. The van der Waals surface area contributed by atoms with Gasteiger partial charge in [0.2, 0.25) is 5.91 Å². The number of piperazine rings is 1.